The SMILES string of the molecule is C=C1NC(=O)C/C1=C\c1cnn2c(NC3CC3)nc(Nc3cc(Cl)ccc3C)nc12.C=C1NC(=O)C/C1=C\c1cnn2c(NC3CC3)nc(Oc3ccc(C#N)c(Cl)c3)nc12.C=C1NC(=O)C/C1=C\c1cnn2c(Nc3ccccc3)nc(N3CCCN(C)CC3)nc12.C=C1NC(=O)C/C1=C\c1cnn2c(Nc3ccccc3)nc(N3CCN(c4ccccn4)CC3)nc12. The number of piperazine rings is 1. The third-order valence-electron chi connectivity index (χ3n) is 22.1. The summed E-state index contributed by atoms with van der Waals surface area (Å²) in [4.78, 5) is 98.2. The van der Waals surface area contributed by atoms with Crippen LogP contribution in [-0.4, -0.2) is 183 Å². The molecular weight excluding hydrogens is 1680 g/mol. The summed E-state index contributed by atoms with van der Waals surface area (Å²) in [6, 6.07) is 38.9. The number of aryl methyl sites for hydroxylation is 1. The van der Waals surface area contributed by atoms with Crippen molar-refractivity contribution in [3.05, 3.63) is 261 Å². The first-order valence-electron chi connectivity index (χ1n) is 41.9. The molecule has 0 spiro atoms. The molecule has 129 heavy (non-hydrogen) atoms. The summed E-state index contributed by atoms with van der Waals surface area (Å²) < 4.78 is 12.5. The zero-order valence-electron chi connectivity index (χ0n) is 70.3. The lowest BCUT2D eigenvalue weighted by molar-refractivity contribution is -0.119. The smallest absolute Gasteiger partial charge is 0.327 e. The van der Waals surface area contributed by atoms with Gasteiger partial charge in [-0.1, -0.05) is 98.0 Å². The molecule has 15 heterocycles. The Bertz CT molecular complexity index is 6820. The number of rotatable bonds is 19. The topological polar surface area (TPSA) is 408 Å². The van der Waals surface area contributed by atoms with Crippen LogP contribution in [0, 0.1) is 18.3 Å². The molecule has 2 saturated carbocycles. The number of likely N-dealkylation sites (N-methyl/N-ethyl adjacent to an activating group) is 1. The maximum absolute atomic E-state index is 11.8. The van der Waals surface area contributed by atoms with Crippen LogP contribution in [0.3, 0.4) is 0 Å². The second kappa shape index (κ2) is 36.8. The van der Waals surface area contributed by atoms with Crippen LogP contribution in [0.1, 0.15) is 91.2 Å². The van der Waals surface area contributed by atoms with Crippen LogP contribution >= 0.6 is 23.2 Å². The lowest BCUT2D eigenvalue weighted by Gasteiger charge is -2.35. The summed E-state index contributed by atoms with van der Waals surface area (Å²) >= 11 is 12.3. The van der Waals surface area contributed by atoms with Crippen molar-refractivity contribution in [2.24, 2.45) is 0 Å². The highest BCUT2D eigenvalue weighted by Gasteiger charge is 2.31. The highest BCUT2D eigenvalue weighted by molar-refractivity contribution is 6.32. The Labute approximate surface area is 749 Å². The number of anilines is 11. The molecule has 0 atom stereocenters. The third-order valence-corrected chi connectivity index (χ3v) is 22.7. The number of nitriles is 1. The molecule has 38 heteroatoms. The van der Waals surface area contributed by atoms with Gasteiger partial charge >= 0.3 is 6.01 Å². The van der Waals surface area contributed by atoms with Gasteiger partial charge < -0.3 is 72.2 Å². The molecule has 8 fully saturated rings. The van der Waals surface area contributed by atoms with E-state index in [4.69, 9.17) is 58.1 Å². The summed E-state index contributed by atoms with van der Waals surface area (Å²) in [6.45, 7) is 24.6. The fourth-order valence-electron chi connectivity index (χ4n) is 14.9. The van der Waals surface area contributed by atoms with E-state index in [1.54, 1.807) is 61.0 Å². The molecule has 8 aliphatic rings. The minimum Gasteiger partial charge on any atom is -0.424 e. The Morgan fingerprint density at radius 2 is 0.922 bits per heavy atom. The number of carbonyl (C=O) groups is 4. The van der Waals surface area contributed by atoms with Crippen LogP contribution in [0.2, 0.25) is 10.0 Å². The molecule has 4 aromatic carbocycles. The van der Waals surface area contributed by atoms with Gasteiger partial charge in [-0.15, -0.1) is 0 Å². The number of amides is 4. The Morgan fingerprint density at radius 3 is 1.38 bits per heavy atom. The second-order valence-corrected chi connectivity index (χ2v) is 32.6. The number of carbonyl (C=O) groups excluding carboxylic acids is 4. The van der Waals surface area contributed by atoms with Crippen LogP contribution in [-0.2, 0) is 19.2 Å². The number of ether oxygens (including phenoxy) is 1. The van der Waals surface area contributed by atoms with E-state index < -0.39 is 0 Å². The fourth-order valence-corrected chi connectivity index (χ4v) is 15.3. The first kappa shape index (κ1) is 84.1. The highest BCUT2D eigenvalue weighted by atomic mass is 35.5. The molecule has 36 nitrogen and oxygen atoms in total. The number of para-hydroxylation sites is 2. The molecule has 0 unspecified atom stereocenters. The van der Waals surface area contributed by atoms with Crippen molar-refractivity contribution >= 4 is 158 Å². The molecule has 13 aromatic rings. The minimum atomic E-state index is -0.0971. The molecule has 0 radical (unpaired) electrons. The van der Waals surface area contributed by atoms with Gasteiger partial charge in [0.25, 0.3) is 0 Å². The number of allylic oxidation sites excluding steroid dienone is 4. The van der Waals surface area contributed by atoms with Gasteiger partial charge in [0.05, 0.1) is 61.1 Å². The quantitative estimate of drug-likeness (QED) is 0.0363. The van der Waals surface area contributed by atoms with E-state index in [2.05, 4.69) is 141 Å². The highest BCUT2D eigenvalue weighted by Crippen LogP contribution is 2.36. The Hall–Kier alpha value is -15.7. The van der Waals surface area contributed by atoms with E-state index in [0.29, 0.717) is 140 Å². The van der Waals surface area contributed by atoms with E-state index >= 15 is 0 Å². The number of benzene rings is 4. The van der Waals surface area contributed by atoms with Crippen molar-refractivity contribution < 1.29 is 23.9 Å². The van der Waals surface area contributed by atoms with Crippen molar-refractivity contribution in [2.45, 2.75) is 76.8 Å². The Morgan fingerprint density at radius 1 is 0.473 bits per heavy atom. The van der Waals surface area contributed by atoms with Gasteiger partial charge in [-0.2, -0.15) is 83.6 Å². The number of fused-ring (bicyclic) bond motifs is 4. The van der Waals surface area contributed by atoms with Crippen molar-refractivity contribution in [1.29, 1.82) is 5.26 Å². The molecule has 650 valence electrons. The summed E-state index contributed by atoms with van der Waals surface area (Å²) in [5.74, 6) is 5.14. The largest absolute Gasteiger partial charge is 0.424 e. The number of halogens is 2. The van der Waals surface area contributed by atoms with E-state index in [9.17, 15) is 19.2 Å². The van der Waals surface area contributed by atoms with Crippen molar-refractivity contribution in [3.63, 3.8) is 0 Å². The summed E-state index contributed by atoms with van der Waals surface area (Å²) in [7, 11) is 2.14. The van der Waals surface area contributed by atoms with E-state index in [0.717, 1.165) is 152 Å². The Balaban J connectivity index is 0.000000116. The molecule has 4 amide bonds. The van der Waals surface area contributed by atoms with Crippen molar-refractivity contribution in [2.75, 3.05) is 101 Å². The van der Waals surface area contributed by atoms with Gasteiger partial charge in [0, 0.05) is 137 Å². The maximum Gasteiger partial charge on any atom is 0.327 e. The monoisotopic (exact) mass is 1760 g/mol. The molecule has 21 rings (SSSR count). The molecule has 9 N–H and O–H groups in total. The standard InChI is InChI=1S/C26H25N9O.C23H26N8O.C21H16ClN7O2.C21H20ClN7O/c1-18-19(16-23(36)29-18)15-20-17-28-35-24(20)31-25(32-26(35)30-21-7-3-2-4-8-21)34-13-11-33(12-14-34)22-9-5-6-10-27-22;1-16-17(14-20(32)25-16)13-18-15-24-31-21(18)27-22(30-10-6-9-29(2)11-12-30)28-23(31)26-19-7-4-3-5-8-19;1-11-13(7-18(30)25-11)6-14-10-24-29-19(14)27-21(28-20(29)26-15-3-4-15)31-16-5-2-12(9-23)17(22)8-16;1-11-3-4-15(22)9-17(11)26-20-27-19-14(7-13-8-18(30)24-12(13)2)10-23-29(19)21(28-20)25-16-5-6-16/h2-10,15,17H,1,11-14,16H2,(H,29,36)(H,30,31,32);3-5,7-8,13,15H,1,6,9-12,14H2,2H3,(H,25,32)(H,26,27,28);2,5-6,8,10,15H,1,3-4,7H2,(H,25,30)(H,26,27,28);3-4,7,9-10,16H,2,5-6,8H2,1H3,(H,24,30)(H2,25,26,27,28)/b19-15+;17-13+;13-6+;13-7+. The normalized spacial score (nSPS) is 17.7. The molecule has 6 aliphatic heterocycles. The molecular formula is C91H87Cl2N31O5. The molecule has 0 bridgehead atoms. The average molecular weight is 1770 g/mol. The lowest BCUT2D eigenvalue weighted by atomic mass is 10.1. The predicted molar refractivity (Wildman–Crippen MR) is 494 cm³/mol. The third kappa shape index (κ3) is 19.7. The number of hydrogen-bond donors (Lipinski definition) is 9. The van der Waals surface area contributed by atoms with Crippen molar-refractivity contribution in [1.82, 2.24) is 109 Å². The number of pyridine rings is 1. The lowest BCUT2D eigenvalue weighted by Crippen LogP contribution is -2.47. The zero-order chi connectivity index (χ0) is 88.9. The van der Waals surface area contributed by atoms with Crippen molar-refractivity contribution in [3.8, 4) is 17.8 Å². The van der Waals surface area contributed by atoms with E-state index in [1.165, 1.54) is 0 Å². The Kier molecular flexibility index (Phi) is 24.0. The number of nitrogens with zero attached hydrogens (tertiary/aromatic N) is 22. The van der Waals surface area contributed by atoms with Crippen LogP contribution < -0.4 is 67.3 Å². The van der Waals surface area contributed by atoms with Crippen LogP contribution in [0.5, 0.6) is 11.8 Å². The maximum atomic E-state index is 11.8. The summed E-state index contributed by atoms with van der Waals surface area (Å²) in [5.41, 5.74) is 15.3. The average Bonchev–Trinajstić information content (AvgIpc) is 1.61. The van der Waals surface area contributed by atoms with Gasteiger partial charge in [-0.25, -0.2) is 4.98 Å². The van der Waals surface area contributed by atoms with Gasteiger partial charge in [0.2, 0.25) is 65.3 Å². The number of nitrogens with one attached hydrogen (secondary N) is 9. The van der Waals surface area contributed by atoms with E-state index in [1.807, 2.05) is 141 Å². The molecule has 2 aliphatic carbocycles. The number of aromatic nitrogens is 17. The van der Waals surface area contributed by atoms with E-state index in [-0.39, 0.29) is 41.1 Å². The van der Waals surface area contributed by atoms with Crippen LogP contribution in [0.15, 0.2) is 218 Å². The van der Waals surface area contributed by atoms with Crippen LogP contribution in [0.25, 0.3) is 46.9 Å². The zero-order valence-corrected chi connectivity index (χ0v) is 71.8. The number of hydrogen-bond acceptors (Lipinski definition) is 28. The molecule has 6 saturated heterocycles. The minimum absolute atomic E-state index is 0.0480. The summed E-state index contributed by atoms with van der Waals surface area (Å²) in [6.07, 6.45) is 22.8. The first-order chi connectivity index (χ1) is 62.7. The van der Waals surface area contributed by atoms with Gasteiger partial charge in [0.15, 0.2) is 22.6 Å². The van der Waals surface area contributed by atoms with Gasteiger partial charge in [-0.3, -0.25) is 19.2 Å². The summed E-state index contributed by atoms with van der Waals surface area (Å²) in [5, 5.41) is 55.7. The fraction of sp³-hybridized carbons (Fsp3) is 0.231. The molecule has 9 aromatic heterocycles. The first-order valence-corrected chi connectivity index (χ1v) is 42.7. The van der Waals surface area contributed by atoms with Crippen LogP contribution in [0.4, 0.5) is 64.5 Å². The van der Waals surface area contributed by atoms with Gasteiger partial charge in [-0.05, 0) is 165 Å². The van der Waals surface area contributed by atoms with Gasteiger partial charge in [0.1, 0.15) is 17.6 Å². The predicted octanol–water partition coefficient (Wildman–Crippen LogP) is 12.7. The second-order valence-electron chi connectivity index (χ2n) is 31.8.